The Balaban J connectivity index is 1.33. The van der Waals surface area contributed by atoms with Gasteiger partial charge in [0.15, 0.2) is 0 Å². The van der Waals surface area contributed by atoms with Crippen LogP contribution in [0.15, 0.2) is 41.4 Å². The van der Waals surface area contributed by atoms with Gasteiger partial charge in [-0.25, -0.2) is 0 Å². The third-order valence-corrected chi connectivity index (χ3v) is 5.53. The standard InChI is InChI=1S/C18H20N2O3S/c21-17(14-3-9-24-13-14)20-7-4-18(5-8-20)10-16(12-22-18)23-15-2-1-6-19-11-15/h1-3,6,9,11,13,16H,4-5,7-8,10,12H2/t16-/m1/s1. The zero-order chi connectivity index (χ0) is 16.4. The SMILES string of the molecule is O=C(c1ccsc1)N1CCC2(CC1)C[C@@H](Oc1cccnc1)CO2. The molecule has 24 heavy (non-hydrogen) atoms. The Morgan fingerprint density at radius 1 is 1.38 bits per heavy atom. The summed E-state index contributed by atoms with van der Waals surface area (Å²) in [5.41, 5.74) is 0.652. The molecule has 2 aromatic heterocycles. The molecule has 1 spiro atoms. The summed E-state index contributed by atoms with van der Waals surface area (Å²) in [6.45, 7) is 2.09. The van der Waals surface area contributed by atoms with Crippen molar-refractivity contribution in [3.63, 3.8) is 0 Å². The fraction of sp³-hybridized carbons (Fsp3) is 0.444. The maximum atomic E-state index is 12.4. The normalized spacial score (nSPS) is 22.7. The molecule has 6 heteroatoms. The number of carbonyl (C=O) groups excluding carboxylic acids is 1. The van der Waals surface area contributed by atoms with E-state index in [0.29, 0.717) is 6.61 Å². The largest absolute Gasteiger partial charge is 0.486 e. The van der Waals surface area contributed by atoms with Gasteiger partial charge in [-0.05, 0) is 36.4 Å². The van der Waals surface area contributed by atoms with Gasteiger partial charge in [0.05, 0.1) is 24.0 Å². The summed E-state index contributed by atoms with van der Waals surface area (Å²) in [4.78, 5) is 18.4. The number of nitrogens with zero attached hydrogens (tertiary/aromatic N) is 2. The molecule has 0 radical (unpaired) electrons. The number of carbonyl (C=O) groups is 1. The Kier molecular flexibility index (Phi) is 4.24. The van der Waals surface area contributed by atoms with Crippen LogP contribution in [0.25, 0.3) is 0 Å². The van der Waals surface area contributed by atoms with E-state index in [2.05, 4.69) is 4.98 Å². The van der Waals surface area contributed by atoms with Gasteiger partial charge in [0.2, 0.25) is 0 Å². The van der Waals surface area contributed by atoms with Crippen molar-refractivity contribution in [1.82, 2.24) is 9.88 Å². The molecule has 4 heterocycles. The van der Waals surface area contributed by atoms with Crippen molar-refractivity contribution in [2.45, 2.75) is 31.0 Å². The van der Waals surface area contributed by atoms with Crippen LogP contribution in [0.3, 0.4) is 0 Å². The van der Waals surface area contributed by atoms with E-state index in [1.807, 2.05) is 33.9 Å². The van der Waals surface area contributed by atoms with Crippen LogP contribution in [-0.2, 0) is 4.74 Å². The van der Waals surface area contributed by atoms with Crippen LogP contribution in [0.5, 0.6) is 5.75 Å². The number of piperidine rings is 1. The van der Waals surface area contributed by atoms with Gasteiger partial charge in [0, 0.05) is 31.1 Å². The van der Waals surface area contributed by atoms with Gasteiger partial charge in [-0.2, -0.15) is 11.3 Å². The molecule has 2 fully saturated rings. The van der Waals surface area contributed by atoms with Crippen LogP contribution in [0.1, 0.15) is 29.6 Å². The molecule has 0 unspecified atom stereocenters. The molecule has 1 amide bonds. The molecule has 126 valence electrons. The van der Waals surface area contributed by atoms with Crippen LogP contribution in [-0.4, -0.2) is 47.2 Å². The van der Waals surface area contributed by atoms with Gasteiger partial charge < -0.3 is 14.4 Å². The number of hydrogen-bond donors (Lipinski definition) is 0. The van der Waals surface area contributed by atoms with Crippen LogP contribution in [0.4, 0.5) is 0 Å². The zero-order valence-electron chi connectivity index (χ0n) is 13.4. The minimum absolute atomic E-state index is 0.0633. The summed E-state index contributed by atoms with van der Waals surface area (Å²) in [6, 6.07) is 5.68. The van der Waals surface area contributed by atoms with Crippen molar-refractivity contribution in [1.29, 1.82) is 0 Å². The van der Waals surface area contributed by atoms with Crippen molar-refractivity contribution in [3.8, 4) is 5.75 Å². The number of hydrogen-bond acceptors (Lipinski definition) is 5. The second kappa shape index (κ2) is 6.53. The smallest absolute Gasteiger partial charge is 0.254 e. The monoisotopic (exact) mass is 344 g/mol. The number of pyridine rings is 1. The van der Waals surface area contributed by atoms with Gasteiger partial charge in [0.1, 0.15) is 11.9 Å². The maximum absolute atomic E-state index is 12.4. The fourth-order valence-electron chi connectivity index (χ4n) is 3.52. The number of amides is 1. The molecule has 0 N–H and O–H groups in total. The van der Waals surface area contributed by atoms with Crippen molar-refractivity contribution < 1.29 is 14.3 Å². The topological polar surface area (TPSA) is 51.7 Å². The number of rotatable bonds is 3. The van der Waals surface area contributed by atoms with E-state index in [4.69, 9.17) is 9.47 Å². The highest BCUT2D eigenvalue weighted by Crippen LogP contribution is 2.37. The molecule has 1 atom stereocenters. The minimum Gasteiger partial charge on any atom is -0.486 e. The molecular weight excluding hydrogens is 324 g/mol. The van der Waals surface area contributed by atoms with Crippen molar-refractivity contribution in [3.05, 3.63) is 46.9 Å². The van der Waals surface area contributed by atoms with Gasteiger partial charge in [-0.15, -0.1) is 0 Å². The molecule has 0 bridgehead atoms. The number of ether oxygens (including phenoxy) is 2. The molecule has 0 aliphatic carbocycles. The lowest BCUT2D eigenvalue weighted by atomic mass is 9.88. The second-order valence-corrected chi connectivity index (χ2v) is 7.21. The highest BCUT2D eigenvalue weighted by Gasteiger charge is 2.44. The van der Waals surface area contributed by atoms with E-state index in [-0.39, 0.29) is 17.6 Å². The summed E-state index contributed by atoms with van der Waals surface area (Å²) < 4.78 is 12.1. The Morgan fingerprint density at radius 3 is 2.96 bits per heavy atom. The first-order valence-corrected chi connectivity index (χ1v) is 9.21. The summed E-state index contributed by atoms with van der Waals surface area (Å²) in [6.07, 6.45) is 6.15. The lowest BCUT2D eigenvalue weighted by Gasteiger charge is -2.38. The minimum atomic E-state index is -0.141. The molecule has 0 saturated carbocycles. The van der Waals surface area contributed by atoms with Crippen LogP contribution in [0.2, 0.25) is 0 Å². The van der Waals surface area contributed by atoms with E-state index < -0.39 is 0 Å². The predicted octanol–water partition coefficient (Wildman–Crippen LogP) is 2.99. The second-order valence-electron chi connectivity index (χ2n) is 6.43. The first kappa shape index (κ1) is 15.6. The number of aromatic nitrogens is 1. The third-order valence-electron chi connectivity index (χ3n) is 4.84. The van der Waals surface area contributed by atoms with E-state index >= 15 is 0 Å². The summed E-state index contributed by atoms with van der Waals surface area (Å²) >= 11 is 1.56. The third kappa shape index (κ3) is 3.16. The highest BCUT2D eigenvalue weighted by atomic mass is 32.1. The number of thiophene rings is 1. The van der Waals surface area contributed by atoms with E-state index in [9.17, 15) is 4.79 Å². The Hall–Kier alpha value is -1.92. The van der Waals surface area contributed by atoms with Gasteiger partial charge in [-0.1, -0.05) is 0 Å². The molecule has 2 aliphatic heterocycles. The van der Waals surface area contributed by atoms with Crippen molar-refractivity contribution in [2.24, 2.45) is 0 Å². The lowest BCUT2D eigenvalue weighted by molar-refractivity contribution is -0.0395. The lowest BCUT2D eigenvalue weighted by Crippen LogP contribution is -2.46. The van der Waals surface area contributed by atoms with E-state index in [1.165, 1.54) is 0 Å². The number of likely N-dealkylation sites (tertiary alicyclic amines) is 1. The van der Waals surface area contributed by atoms with Crippen LogP contribution >= 0.6 is 11.3 Å². The van der Waals surface area contributed by atoms with Gasteiger partial charge in [0.25, 0.3) is 5.91 Å². The van der Waals surface area contributed by atoms with E-state index in [0.717, 1.165) is 43.7 Å². The van der Waals surface area contributed by atoms with E-state index in [1.54, 1.807) is 23.7 Å². The van der Waals surface area contributed by atoms with Gasteiger partial charge >= 0.3 is 0 Å². The maximum Gasteiger partial charge on any atom is 0.254 e. The average Bonchev–Trinajstić information content (AvgIpc) is 3.27. The van der Waals surface area contributed by atoms with Gasteiger partial charge in [-0.3, -0.25) is 9.78 Å². The first-order valence-electron chi connectivity index (χ1n) is 8.26. The van der Waals surface area contributed by atoms with Crippen LogP contribution < -0.4 is 4.74 Å². The van der Waals surface area contributed by atoms with Crippen molar-refractivity contribution in [2.75, 3.05) is 19.7 Å². The Bertz CT molecular complexity index is 682. The molecule has 4 rings (SSSR count). The van der Waals surface area contributed by atoms with Crippen molar-refractivity contribution >= 4 is 17.2 Å². The molecule has 2 aliphatic rings. The molecule has 2 aromatic rings. The molecule has 0 aromatic carbocycles. The molecule has 5 nitrogen and oxygen atoms in total. The summed E-state index contributed by atoms with van der Waals surface area (Å²) in [5, 5.41) is 3.86. The zero-order valence-corrected chi connectivity index (χ0v) is 14.2. The first-order chi connectivity index (χ1) is 11.7. The summed E-state index contributed by atoms with van der Waals surface area (Å²) in [5.74, 6) is 0.917. The molecule has 2 saturated heterocycles. The highest BCUT2D eigenvalue weighted by molar-refractivity contribution is 7.08. The summed E-state index contributed by atoms with van der Waals surface area (Å²) in [7, 11) is 0. The average molecular weight is 344 g/mol. The Morgan fingerprint density at radius 2 is 2.25 bits per heavy atom. The predicted molar refractivity (Wildman–Crippen MR) is 91.4 cm³/mol. The quantitative estimate of drug-likeness (QED) is 0.859. The Labute approximate surface area is 145 Å². The molecular formula is C18H20N2O3S. The van der Waals surface area contributed by atoms with Crippen LogP contribution in [0, 0.1) is 0 Å². The fourth-order valence-corrected chi connectivity index (χ4v) is 4.15.